The van der Waals surface area contributed by atoms with E-state index < -0.39 is 5.82 Å². The Morgan fingerprint density at radius 2 is 2.17 bits per heavy atom. The zero-order chi connectivity index (χ0) is 16.9. The summed E-state index contributed by atoms with van der Waals surface area (Å²) in [5.41, 5.74) is 0.636. The summed E-state index contributed by atoms with van der Waals surface area (Å²) in [6, 6.07) is 6.86. The predicted molar refractivity (Wildman–Crippen MR) is 87.7 cm³/mol. The predicted octanol–water partition coefficient (Wildman–Crippen LogP) is 3.34. The van der Waals surface area contributed by atoms with E-state index in [1.165, 1.54) is 0 Å². The number of halogens is 2. The van der Waals surface area contributed by atoms with Gasteiger partial charge < -0.3 is 15.0 Å². The Labute approximate surface area is 143 Å². The zero-order valence-corrected chi connectivity index (χ0v) is 13.5. The van der Waals surface area contributed by atoms with Crippen LogP contribution in [-0.2, 0) is 0 Å². The van der Waals surface area contributed by atoms with E-state index in [0.29, 0.717) is 23.8 Å². The van der Waals surface area contributed by atoms with E-state index in [4.69, 9.17) is 16.3 Å². The van der Waals surface area contributed by atoms with Gasteiger partial charge in [-0.1, -0.05) is 17.7 Å². The number of aromatic nitrogens is 2. The van der Waals surface area contributed by atoms with Gasteiger partial charge in [-0.25, -0.2) is 19.2 Å². The molecule has 1 saturated heterocycles. The second-order valence-corrected chi connectivity index (χ2v) is 5.89. The first-order valence-electron chi connectivity index (χ1n) is 7.56. The number of rotatable bonds is 3. The number of hydrogen-bond acceptors (Lipinski definition) is 4. The first kappa shape index (κ1) is 16.4. The van der Waals surface area contributed by atoms with Crippen LogP contribution in [0.3, 0.4) is 0 Å². The molecular formula is C16H16ClFN4O2. The molecule has 0 spiro atoms. The van der Waals surface area contributed by atoms with Crippen LogP contribution in [0, 0.1) is 5.82 Å². The highest BCUT2D eigenvalue weighted by atomic mass is 35.5. The average molecular weight is 351 g/mol. The summed E-state index contributed by atoms with van der Waals surface area (Å²) in [5.74, 6) is -0.520. The van der Waals surface area contributed by atoms with Gasteiger partial charge in [0, 0.05) is 17.3 Å². The van der Waals surface area contributed by atoms with E-state index in [2.05, 4.69) is 15.3 Å². The number of nitrogens with zero attached hydrogens (tertiary/aromatic N) is 3. The van der Waals surface area contributed by atoms with E-state index in [9.17, 15) is 9.18 Å². The summed E-state index contributed by atoms with van der Waals surface area (Å²) in [5, 5.41) is 3.37. The molecule has 0 bridgehead atoms. The topological polar surface area (TPSA) is 67.4 Å². The number of urea groups is 1. The molecule has 1 aromatic carbocycles. The van der Waals surface area contributed by atoms with Gasteiger partial charge in [0.05, 0.1) is 18.9 Å². The van der Waals surface area contributed by atoms with Crippen molar-refractivity contribution < 1.29 is 13.9 Å². The van der Waals surface area contributed by atoms with Crippen LogP contribution in [0.4, 0.5) is 14.9 Å². The summed E-state index contributed by atoms with van der Waals surface area (Å²) in [4.78, 5) is 21.6. The van der Waals surface area contributed by atoms with Gasteiger partial charge >= 0.3 is 12.0 Å². The number of ether oxygens (including phenoxy) is 1. The van der Waals surface area contributed by atoms with Crippen LogP contribution in [0.25, 0.3) is 0 Å². The van der Waals surface area contributed by atoms with Crippen LogP contribution < -0.4 is 10.1 Å². The Hall–Kier alpha value is -2.41. The van der Waals surface area contributed by atoms with Crippen molar-refractivity contribution in [2.75, 3.05) is 18.4 Å². The Morgan fingerprint density at radius 1 is 1.38 bits per heavy atom. The summed E-state index contributed by atoms with van der Waals surface area (Å²) >= 11 is 5.91. The highest BCUT2D eigenvalue weighted by Crippen LogP contribution is 2.18. The Kier molecular flexibility index (Phi) is 5.10. The number of nitrogens with one attached hydrogen (secondary N) is 1. The molecule has 126 valence electrons. The van der Waals surface area contributed by atoms with Crippen LogP contribution in [0.1, 0.15) is 12.8 Å². The summed E-state index contributed by atoms with van der Waals surface area (Å²) in [6.07, 6.45) is 3.45. The standard InChI is InChI=1S/C16H16ClFN4O2/c17-11-3-1-4-13(7-11)21-16(23)22-6-2-5-14(10-22)24-15-19-8-12(18)9-20-15/h1,3-4,7-9,14H,2,5-6,10H2,(H,21,23). The third-order valence-corrected chi connectivity index (χ3v) is 3.85. The second kappa shape index (κ2) is 7.44. The molecule has 1 atom stereocenters. The smallest absolute Gasteiger partial charge is 0.321 e. The van der Waals surface area contributed by atoms with Crippen molar-refractivity contribution in [2.45, 2.75) is 18.9 Å². The summed E-state index contributed by atoms with van der Waals surface area (Å²) in [7, 11) is 0. The Balaban J connectivity index is 1.58. The van der Waals surface area contributed by atoms with Crippen molar-refractivity contribution in [1.82, 2.24) is 14.9 Å². The lowest BCUT2D eigenvalue weighted by molar-refractivity contribution is 0.0981. The lowest BCUT2D eigenvalue weighted by atomic mass is 10.1. The zero-order valence-electron chi connectivity index (χ0n) is 12.8. The SMILES string of the molecule is O=C(Nc1cccc(Cl)c1)N1CCCC(Oc2ncc(F)cn2)C1. The number of amides is 2. The molecule has 1 aromatic heterocycles. The molecule has 1 fully saturated rings. The molecule has 2 heterocycles. The Morgan fingerprint density at radius 3 is 2.92 bits per heavy atom. The quantitative estimate of drug-likeness (QED) is 0.921. The minimum absolute atomic E-state index is 0.110. The highest BCUT2D eigenvalue weighted by molar-refractivity contribution is 6.30. The van der Waals surface area contributed by atoms with Crippen LogP contribution in [-0.4, -0.2) is 40.1 Å². The molecule has 3 rings (SSSR count). The van der Waals surface area contributed by atoms with Crippen LogP contribution in [0.2, 0.25) is 5.02 Å². The van der Waals surface area contributed by atoms with Crippen molar-refractivity contribution in [2.24, 2.45) is 0 Å². The van der Waals surface area contributed by atoms with E-state index in [-0.39, 0.29) is 18.1 Å². The number of piperidine rings is 1. The van der Waals surface area contributed by atoms with Crippen molar-refractivity contribution in [3.05, 3.63) is 47.5 Å². The van der Waals surface area contributed by atoms with E-state index in [1.807, 2.05) is 0 Å². The van der Waals surface area contributed by atoms with Gasteiger partial charge in [-0.05, 0) is 31.0 Å². The molecular weight excluding hydrogens is 335 g/mol. The maximum absolute atomic E-state index is 12.8. The summed E-state index contributed by atoms with van der Waals surface area (Å²) in [6.45, 7) is 1.05. The van der Waals surface area contributed by atoms with E-state index in [0.717, 1.165) is 25.2 Å². The fourth-order valence-electron chi connectivity index (χ4n) is 2.50. The highest BCUT2D eigenvalue weighted by Gasteiger charge is 2.25. The molecule has 6 nitrogen and oxygen atoms in total. The molecule has 2 amide bonds. The molecule has 2 aromatic rings. The van der Waals surface area contributed by atoms with Crippen LogP contribution >= 0.6 is 11.6 Å². The molecule has 1 aliphatic heterocycles. The first-order valence-corrected chi connectivity index (χ1v) is 7.93. The lowest BCUT2D eigenvalue weighted by Gasteiger charge is -2.32. The van der Waals surface area contributed by atoms with Crippen LogP contribution in [0.5, 0.6) is 6.01 Å². The number of benzene rings is 1. The maximum atomic E-state index is 12.8. The molecule has 8 heteroatoms. The average Bonchev–Trinajstić information content (AvgIpc) is 2.57. The minimum Gasteiger partial charge on any atom is -0.458 e. The molecule has 1 aliphatic rings. The number of likely N-dealkylation sites (tertiary alicyclic amines) is 1. The molecule has 1 unspecified atom stereocenters. The van der Waals surface area contributed by atoms with Gasteiger partial charge in [0.1, 0.15) is 6.10 Å². The third-order valence-electron chi connectivity index (χ3n) is 3.61. The van der Waals surface area contributed by atoms with Gasteiger partial charge in [-0.15, -0.1) is 0 Å². The number of anilines is 1. The number of carbonyl (C=O) groups excluding carboxylic acids is 1. The fraction of sp³-hybridized carbons (Fsp3) is 0.312. The monoisotopic (exact) mass is 350 g/mol. The largest absolute Gasteiger partial charge is 0.458 e. The fourth-order valence-corrected chi connectivity index (χ4v) is 2.69. The van der Waals surface area contributed by atoms with Crippen molar-refractivity contribution in [3.63, 3.8) is 0 Å². The molecule has 0 aliphatic carbocycles. The van der Waals surface area contributed by atoms with Gasteiger partial charge in [-0.2, -0.15) is 0 Å². The van der Waals surface area contributed by atoms with Gasteiger partial charge in [0.25, 0.3) is 0 Å². The van der Waals surface area contributed by atoms with Crippen LogP contribution in [0.15, 0.2) is 36.7 Å². The van der Waals surface area contributed by atoms with E-state index >= 15 is 0 Å². The second-order valence-electron chi connectivity index (χ2n) is 5.45. The molecule has 0 radical (unpaired) electrons. The van der Waals surface area contributed by atoms with Crippen molar-refractivity contribution in [1.29, 1.82) is 0 Å². The third kappa shape index (κ3) is 4.32. The summed E-state index contributed by atoms with van der Waals surface area (Å²) < 4.78 is 18.4. The number of carbonyl (C=O) groups is 1. The Bertz CT molecular complexity index is 713. The van der Waals surface area contributed by atoms with Gasteiger partial charge in [0.15, 0.2) is 5.82 Å². The van der Waals surface area contributed by atoms with Crippen molar-refractivity contribution >= 4 is 23.3 Å². The maximum Gasteiger partial charge on any atom is 0.321 e. The lowest BCUT2D eigenvalue weighted by Crippen LogP contribution is -2.46. The van der Waals surface area contributed by atoms with Gasteiger partial charge in [0.2, 0.25) is 0 Å². The van der Waals surface area contributed by atoms with Gasteiger partial charge in [-0.3, -0.25) is 0 Å². The van der Waals surface area contributed by atoms with E-state index in [1.54, 1.807) is 29.2 Å². The van der Waals surface area contributed by atoms with Crippen molar-refractivity contribution in [3.8, 4) is 6.01 Å². The first-order chi connectivity index (χ1) is 11.6. The minimum atomic E-state index is -0.520. The number of hydrogen-bond donors (Lipinski definition) is 1. The normalized spacial score (nSPS) is 17.4. The molecule has 24 heavy (non-hydrogen) atoms. The molecule has 0 saturated carbocycles. The molecule has 1 N–H and O–H groups in total.